The molecule has 0 bridgehead atoms. The molecule has 4 aromatic heterocycles. The van der Waals surface area contributed by atoms with Crippen LogP contribution in [0.25, 0.3) is 33.4 Å². The molecule has 5 aromatic rings. The third-order valence-electron chi connectivity index (χ3n) is 4.85. The van der Waals surface area contributed by atoms with E-state index < -0.39 is 6.61 Å². The molecule has 0 atom stereocenters. The first-order chi connectivity index (χ1) is 15.0. The number of pyridine rings is 1. The molecule has 10 heteroatoms. The summed E-state index contributed by atoms with van der Waals surface area (Å²) in [7, 11) is 1.87. The molecule has 0 saturated heterocycles. The second-order valence-corrected chi connectivity index (χ2v) is 7.05. The van der Waals surface area contributed by atoms with Crippen LogP contribution in [0, 0.1) is 0 Å². The Morgan fingerprint density at radius 2 is 2.03 bits per heavy atom. The van der Waals surface area contributed by atoms with Gasteiger partial charge in [0, 0.05) is 47.7 Å². The summed E-state index contributed by atoms with van der Waals surface area (Å²) in [6.45, 7) is -2.49. The third kappa shape index (κ3) is 3.87. The number of aromatic nitrogens is 7. The summed E-state index contributed by atoms with van der Waals surface area (Å²) in [6, 6.07) is 8.56. The van der Waals surface area contributed by atoms with Gasteiger partial charge in [-0.2, -0.15) is 13.9 Å². The fourth-order valence-corrected chi connectivity index (χ4v) is 3.45. The van der Waals surface area contributed by atoms with Crippen molar-refractivity contribution in [1.29, 1.82) is 0 Å². The van der Waals surface area contributed by atoms with Gasteiger partial charge in [0.15, 0.2) is 0 Å². The van der Waals surface area contributed by atoms with E-state index in [1.165, 1.54) is 6.07 Å². The SMILES string of the molecule is Cn1cc(-c2cnc3[nH]cc(-c4cn(Cc5cccc(OC(F)F)c5)nn4)c3c2)cn1. The minimum Gasteiger partial charge on any atom is -0.435 e. The summed E-state index contributed by atoms with van der Waals surface area (Å²) in [4.78, 5) is 7.66. The topological polar surface area (TPSA) is 86.4 Å². The number of hydrogen-bond acceptors (Lipinski definition) is 5. The van der Waals surface area contributed by atoms with Crippen molar-refractivity contribution in [2.45, 2.75) is 13.2 Å². The van der Waals surface area contributed by atoms with Crippen LogP contribution >= 0.6 is 0 Å². The van der Waals surface area contributed by atoms with Gasteiger partial charge in [0.05, 0.1) is 18.9 Å². The maximum Gasteiger partial charge on any atom is 0.387 e. The number of fused-ring (bicyclic) bond motifs is 1. The van der Waals surface area contributed by atoms with Gasteiger partial charge in [-0.1, -0.05) is 17.3 Å². The number of H-pyrrole nitrogens is 1. The number of alkyl halides is 2. The van der Waals surface area contributed by atoms with E-state index in [4.69, 9.17) is 0 Å². The highest BCUT2D eigenvalue weighted by molar-refractivity contribution is 5.94. The molecule has 5 rings (SSSR count). The molecule has 0 saturated carbocycles. The van der Waals surface area contributed by atoms with E-state index >= 15 is 0 Å². The molecule has 0 fully saturated rings. The van der Waals surface area contributed by atoms with Crippen molar-refractivity contribution in [2.75, 3.05) is 0 Å². The van der Waals surface area contributed by atoms with Gasteiger partial charge < -0.3 is 9.72 Å². The normalized spacial score (nSPS) is 11.5. The fourth-order valence-electron chi connectivity index (χ4n) is 3.45. The number of aromatic amines is 1. The van der Waals surface area contributed by atoms with Crippen molar-refractivity contribution in [3.63, 3.8) is 0 Å². The van der Waals surface area contributed by atoms with Crippen LogP contribution in [0.5, 0.6) is 5.75 Å². The monoisotopic (exact) mass is 421 g/mol. The Kier molecular flexibility index (Phi) is 4.66. The lowest BCUT2D eigenvalue weighted by atomic mass is 10.1. The number of halogens is 2. The summed E-state index contributed by atoms with van der Waals surface area (Å²) in [5, 5.41) is 13.6. The van der Waals surface area contributed by atoms with Gasteiger partial charge in [0.2, 0.25) is 0 Å². The van der Waals surface area contributed by atoms with E-state index in [2.05, 4.69) is 30.1 Å². The number of nitrogens with zero attached hydrogens (tertiary/aromatic N) is 6. The molecule has 1 N–H and O–H groups in total. The molecule has 0 radical (unpaired) electrons. The molecule has 1 aromatic carbocycles. The quantitative estimate of drug-likeness (QED) is 0.450. The first-order valence-electron chi connectivity index (χ1n) is 9.45. The van der Waals surface area contributed by atoms with E-state index in [1.54, 1.807) is 40.1 Å². The van der Waals surface area contributed by atoms with E-state index in [0.29, 0.717) is 12.2 Å². The van der Waals surface area contributed by atoms with Gasteiger partial charge in [-0.05, 0) is 23.8 Å². The highest BCUT2D eigenvalue weighted by atomic mass is 19.3. The second-order valence-electron chi connectivity index (χ2n) is 7.05. The van der Waals surface area contributed by atoms with Crippen LogP contribution in [0.1, 0.15) is 5.56 Å². The summed E-state index contributed by atoms with van der Waals surface area (Å²) in [5.74, 6) is 0.110. The van der Waals surface area contributed by atoms with Crippen molar-refractivity contribution >= 4 is 11.0 Å². The lowest BCUT2D eigenvalue weighted by Crippen LogP contribution is -2.04. The summed E-state index contributed by atoms with van der Waals surface area (Å²) < 4.78 is 32.7. The Labute approximate surface area is 175 Å². The number of aryl methyl sites for hydroxylation is 1. The zero-order valence-electron chi connectivity index (χ0n) is 16.4. The molecule has 0 aliphatic rings. The lowest BCUT2D eigenvalue weighted by molar-refractivity contribution is -0.0498. The minimum absolute atomic E-state index is 0.110. The van der Waals surface area contributed by atoms with Crippen molar-refractivity contribution in [3.05, 3.63) is 66.9 Å². The Morgan fingerprint density at radius 1 is 1.13 bits per heavy atom. The van der Waals surface area contributed by atoms with Crippen molar-refractivity contribution in [1.82, 2.24) is 34.7 Å². The standard InChI is InChI=1S/C21H17F2N7O/c1-29-11-15(8-26-29)14-6-17-18(9-25-20(17)24-7-14)19-12-30(28-27-19)10-13-3-2-4-16(5-13)31-21(22)23/h2-9,11-12,21H,10H2,1H3,(H,24,25). The molecule has 156 valence electrons. The molecule has 8 nitrogen and oxygen atoms in total. The highest BCUT2D eigenvalue weighted by Crippen LogP contribution is 2.29. The van der Waals surface area contributed by atoms with Crippen LogP contribution in [0.15, 0.2) is 61.3 Å². The van der Waals surface area contributed by atoms with Crippen molar-refractivity contribution in [3.8, 4) is 28.1 Å². The average molecular weight is 421 g/mol. The van der Waals surface area contributed by atoms with E-state index in [1.807, 2.05) is 31.6 Å². The summed E-state index contributed by atoms with van der Waals surface area (Å²) >= 11 is 0. The fraction of sp³-hybridized carbons (Fsp3) is 0.143. The summed E-state index contributed by atoms with van der Waals surface area (Å²) in [5.41, 5.74) is 4.98. The van der Waals surface area contributed by atoms with E-state index in [9.17, 15) is 8.78 Å². The maximum atomic E-state index is 12.4. The predicted octanol–water partition coefficient (Wildman–Crippen LogP) is 3.87. The molecule has 31 heavy (non-hydrogen) atoms. The van der Waals surface area contributed by atoms with Crippen LogP contribution in [-0.2, 0) is 13.6 Å². The van der Waals surface area contributed by atoms with Crippen LogP contribution in [0.4, 0.5) is 8.78 Å². The Bertz CT molecular complexity index is 1350. The first-order valence-corrected chi connectivity index (χ1v) is 9.45. The zero-order chi connectivity index (χ0) is 21.4. The Hall–Kier alpha value is -4.08. The molecule has 4 heterocycles. The second kappa shape index (κ2) is 7.63. The molecular weight excluding hydrogens is 404 g/mol. The molecule has 0 unspecified atom stereocenters. The third-order valence-corrected chi connectivity index (χ3v) is 4.85. The zero-order valence-corrected chi connectivity index (χ0v) is 16.4. The molecule has 0 aliphatic heterocycles. The Balaban J connectivity index is 1.43. The van der Waals surface area contributed by atoms with Crippen molar-refractivity contribution in [2.24, 2.45) is 7.05 Å². The van der Waals surface area contributed by atoms with Crippen LogP contribution in [-0.4, -0.2) is 41.4 Å². The van der Waals surface area contributed by atoms with Gasteiger partial charge in [-0.15, -0.1) is 5.10 Å². The number of nitrogens with one attached hydrogen (secondary N) is 1. The summed E-state index contributed by atoms with van der Waals surface area (Å²) in [6.07, 6.45) is 9.16. The van der Waals surface area contributed by atoms with Crippen LogP contribution < -0.4 is 4.74 Å². The van der Waals surface area contributed by atoms with E-state index in [0.717, 1.165) is 33.3 Å². The molecule has 0 aliphatic carbocycles. The molecule has 0 amide bonds. The number of ether oxygens (including phenoxy) is 1. The Morgan fingerprint density at radius 3 is 2.84 bits per heavy atom. The lowest BCUT2D eigenvalue weighted by Gasteiger charge is -2.06. The van der Waals surface area contributed by atoms with Crippen LogP contribution in [0.2, 0.25) is 0 Å². The average Bonchev–Trinajstić information content (AvgIpc) is 3.46. The van der Waals surface area contributed by atoms with Gasteiger partial charge in [-0.25, -0.2) is 9.67 Å². The maximum absolute atomic E-state index is 12.4. The highest BCUT2D eigenvalue weighted by Gasteiger charge is 2.13. The van der Waals surface area contributed by atoms with Gasteiger partial charge >= 0.3 is 6.61 Å². The predicted molar refractivity (Wildman–Crippen MR) is 109 cm³/mol. The van der Waals surface area contributed by atoms with Crippen LogP contribution in [0.3, 0.4) is 0 Å². The molecule has 0 spiro atoms. The first kappa shape index (κ1) is 18.9. The van der Waals surface area contributed by atoms with Gasteiger partial charge in [0.25, 0.3) is 0 Å². The van der Waals surface area contributed by atoms with Gasteiger partial charge in [0.1, 0.15) is 17.1 Å². The van der Waals surface area contributed by atoms with E-state index in [-0.39, 0.29) is 5.75 Å². The minimum atomic E-state index is -2.86. The van der Waals surface area contributed by atoms with Crippen molar-refractivity contribution < 1.29 is 13.5 Å². The number of rotatable bonds is 6. The number of benzene rings is 1. The number of hydrogen-bond donors (Lipinski definition) is 1. The smallest absolute Gasteiger partial charge is 0.387 e. The molecular formula is C21H17F2N7O. The largest absolute Gasteiger partial charge is 0.435 e. The van der Waals surface area contributed by atoms with Gasteiger partial charge in [-0.3, -0.25) is 4.68 Å².